The Morgan fingerprint density at radius 1 is 1.32 bits per heavy atom. The minimum absolute atomic E-state index is 0.133. The molecule has 1 aliphatic heterocycles. The third-order valence-electron chi connectivity index (χ3n) is 5.98. The van der Waals surface area contributed by atoms with Crippen LogP contribution in [0, 0.1) is 18.3 Å². The second-order valence-electron chi connectivity index (χ2n) is 7.76. The molecule has 0 spiro atoms. The van der Waals surface area contributed by atoms with Crippen molar-refractivity contribution in [2.24, 2.45) is 16.3 Å². The second-order valence-corrected chi connectivity index (χ2v) is 7.76. The number of aryl methyl sites for hydroxylation is 1. The van der Waals surface area contributed by atoms with Gasteiger partial charge in [-0.3, -0.25) is 4.99 Å². The van der Waals surface area contributed by atoms with Crippen molar-refractivity contribution in [2.45, 2.75) is 45.9 Å². The van der Waals surface area contributed by atoms with Crippen molar-refractivity contribution in [1.82, 2.24) is 10.6 Å². The SMILES string of the molecule is CN=C(NCc1oc2ccccc2c1C)NC1C2CCOC2C1(C)C. The van der Waals surface area contributed by atoms with E-state index in [1.807, 2.05) is 25.2 Å². The van der Waals surface area contributed by atoms with Crippen LogP contribution in [0.5, 0.6) is 0 Å². The molecule has 0 amide bonds. The Kier molecular flexibility index (Phi) is 3.99. The van der Waals surface area contributed by atoms with Gasteiger partial charge in [-0.1, -0.05) is 32.0 Å². The third-order valence-corrected chi connectivity index (χ3v) is 5.98. The monoisotopic (exact) mass is 341 g/mol. The van der Waals surface area contributed by atoms with Crippen molar-refractivity contribution in [1.29, 1.82) is 0 Å². The van der Waals surface area contributed by atoms with Gasteiger partial charge in [0.25, 0.3) is 0 Å². The van der Waals surface area contributed by atoms with Crippen LogP contribution in [-0.4, -0.2) is 31.8 Å². The van der Waals surface area contributed by atoms with E-state index in [1.54, 1.807) is 0 Å². The van der Waals surface area contributed by atoms with Crippen molar-refractivity contribution in [3.63, 3.8) is 0 Å². The van der Waals surface area contributed by atoms with Crippen LogP contribution in [0.2, 0.25) is 0 Å². The predicted octanol–water partition coefficient (Wildman–Crippen LogP) is 3.22. The summed E-state index contributed by atoms with van der Waals surface area (Å²) in [7, 11) is 1.81. The van der Waals surface area contributed by atoms with Gasteiger partial charge in [0, 0.05) is 42.0 Å². The van der Waals surface area contributed by atoms with Crippen molar-refractivity contribution in [3.05, 3.63) is 35.6 Å². The Bertz CT molecular complexity index is 808. The average molecular weight is 341 g/mol. The molecule has 2 fully saturated rings. The number of aliphatic imine (C=N–C) groups is 1. The maximum Gasteiger partial charge on any atom is 0.191 e. The fraction of sp³-hybridized carbons (Fsp3) is 0.550. The minimum Gasteiger partial charge on any atom is -0.459 e. The normalized spacial score (nSPS) is 27.8. The molecule has 1 aromatic carbocycles. The third kappa shape index (κ3) is 2.61. The predicted molar refractivity (Wildman–Crippen MR) is 99.7 cm³/mol. The van der Waals surface area contributed by atoms with E-state index in [4.69, 9.17) is 9.15 Å². The summed E-state index contributed by atoms with van der Waals surface area (Å²) in [6.45, 7) is 8.15. The zero-order valence-corrected chi connectivity index (χ0v) is 15.4. The molecule has 4 rings (SSSR count). The first-order valence-corrected chi connectivity index (χ1v) is 9.08. The van der Waals surface area contributed by atoms with Gasteiger partial charge in [0.05, 0.1) is 12.6 Å². The van der Waals surface area contributed by atoms with Gasteiger partial charge < -0.3 is 19.8 Å². The summed E-state index contributed by atoms with van der Waals surface area (Å²) in [6.07, 6.45) is 1.51. The summed E-state index contributed by atoms with van der Waals surface area (Å²) in [5, 5.41) is 8.19. The first-order chi connectivity index (χ1) is 12.0. The van der Waals surface area contributed by atoms with E-state index in [0.717, 1.165) is 30.3 Å². The molecule has 2 aliphatic rings. The summed E-state index contributed by atoms with van der Waals surface area (Å²) < 4.78 is 11.9. The zero-order chi connectivity index (χ0) is 17.6. The van der Waals surface area contributed by atoms with Crippen LogP contribution in [0.25, 0.3) is 11.0 Å². The summed E-state index contributed by atoms with van der Waals surface area (Å²) in [6, 6.07) is 8.55. The summed E-state index contributed by atoms with van der Waals surface area (Å²) in [4.78, 5) is 4.40. The Hall–Kier alpha value is -2.01. The maximum atomic E-state index is 5.98. The van der Waals surface area contributed by atoms with Gasteiger partial charge in [-0.25, -0.2) is 0 Å². The highest BCUT2D eigenvalue weighted by Crippen LogP contribution is 2.52. The molecule has 0 radical (unpaired) electrons. The van der Waals surface area contributed by atoms with E-state index in [2.05, 4.69) is 42.5 Å². The van der Waals surface area contributed by atoms with E-state index < -0.39 is 0 Å². The van der Waals surface area contributed by atoms with Gasteiger partial charge in [0.2, 0.25) is 0 Å². The van der Waals surface area contributed by atoms with Gasteiger partial charge in [-0.2, -0.15) is 0 Å². The molecule has 3 atom stereocenters. The molecule has 1 saturated heterocycles. The zero-order valence-electron chi connectivity index (χ0n) is 15.4. The molecule has 134 valence electrons. The van der Waals surface area contributed by atoms with E-state index in [0.29, 0.717) is 24.6 Å². The van der Waals surface area contributed by atoms with E-state index in [9.17, 15) is 0 Å². The van der Waals surface area contributed by atoms with Gasteiger partial charge in [0.1, 0.15) is 11.3 Å². The van der Waals surface area contributed by atoms with E-state index in [-0.39, 0.29) is 5.41 Å². The Morgan fingerprint density at radius 3 is 2.88 bits per heavy atom. The fourth-order valence-corrected chi connectivity index (χ4v) is 4.52. The summed E-state index contributed by atoms with van der Waals surface area (Å²) >= 11 is 0. The van der Waals surface area contributed by atoms with Crippen molar-refractivity contribution in [2.75, 3.05) is 13.7 Å². The highest BCUT2D eigenvalue weighted by atomic mass is 16.5. The number of nitrogens with zero attached hydrogens (tertiary/aromatic N) is 1. The highest BCUT2D eigenvalue weighted by Gasteiger charge is 2.59. The van der Waals surface area contributed by atoms with Crippen molar-refractivity contribution < 1.29 is 9.15 Å². The van der Waals surface area contributed by atoms with Crippen LogP contribution in [0.4, 0.5) is 0 Å². The molecule has 2 heterocycles. The second kappa shape index (κ2) is 6.06. The summed E-state index contributed by atoms with van der Waals surface area (Å²) in [5.41, 5.74) is 2.26. The molecular weight excluding hydrogens is 314 g/mol. The molecule has 3 unspecified atom stereocenters. The highest BCUT2D eigenvalue weighted by molar-refractivity contribution is 5.83. The van der Waals surface area contributed by atoms with Crippen LogP contribution >= 0.6 is 0 Å². The van der Waals surface area contributed by atoms with E-state index in [1.165, 1.54) is 10.9 Å². The Labute approximate surface area is 148 Å². The van der Waals surface area contributed by atoms with Crippen molar-refractivity contribution >= 4 is 16.9 Å². The van der Waals surface area contributed by atoms with Crippen LogP contribution in [0.3, 0.4) is 0 Å². The van der Waals surface area contributed by atoms with Gasteiger partial charge >= 0.3 is 0 Å². The molecule has 1 aromatic heterocycles. The molecule has 2 aromatic rings. The average Bonchev–Trinajstić information content (AvgIpc) is 3.19. The molecule has 5 heteroatoms. The first-order valence-electron chi connectivity index (χ1n) is 9.08. The Morgan fingerprint density at radius 2 is 2.12 bits per heavy atom. The number of para-hydroxylation sites is 1. The van der Waals surface area contributed by atoms with Crippen molar-refractivity contribution in [3.8, 4) is 0 Å². The maximum absolute atomic E-state index is 5.98. The molecule has 2 N–H and O–H groups in total. The number of ether oxygens (including phenoxy) is 1. The lowest BCUT2D eigenvalue weighted by Crippen LogP contribution is -2.67. The fourth-order valence-electron chi connectivity index (χ4n) is 4.52. The van der Waals surface area contributed by atoms with Gasteiger partial charge in [0.15, 0.2) is 5.96 Å². The number of guanidine groups is 1. The number of benzene rings is 1. The molecule has 1 saturated carbocycles. The standard InChI is InChI=1S/C20H27N3O2/c1-12-13-7-5-6-8-15(13)25-16(12)11-22-19(21-4)23-17-14-9-10-24-18(14)20(17,2)3/h5-8,14,17-18H,9-11H2,1-4H3,(H2,21,22,23). The largest absolute Gasteiger partial charge is 0.459 e. The lowest BCUT2D eigenvalue weighted by Gasteiger charge is -2.54. The van der Waals surface area contributed by atoms with Crippen LogP contribution in [-0.2, 0) is 11.3 Å². The summed E-state index contributed by atoms with van der Waals surface area (Å²) in [5.74, 6) is 2.36. The molecule has 1 aliphatic carbocycles. The molecule has 25 heavy (non-hydrogen) atoms. The molecule has 0 bridgehead atoms. The number of hydrogen-bond acceptors (Lipinski definition) is 3. The Balaban J connectivity index is 1.43. The number of furan rings is 1. The number of nitrogens with one attached hydrogen (secondary N) is 2. The smallest absolute Gasteiger partial charge is 0.191 e. The van der Waals surface area contributed by atoms with Crippen LogP contribution in [0.1, 0.15) is 31.6 Å². The minimum atomic E-state index is 0.133. The number of fused-ring (bicyclic) bond motifs is 2. The quantitative estimate of drug-likeness (QED) is 0.665. The lowest BCUT2D eigenvalue weighted by molar-refractivity contribution is -0.106. The lowest BCUT2D eigenvalue weighted by atomic mass is 9.57. The first kappa shape index (κ1) is 16.5. The molecular formula is C20H27N3O2. The van der Waals surface area contributed by atoms with Gasteiger partial charge in [-0.15, -0.1) is 0 Å². The van der Waals surface area contributed by atoms with Gasteiger partial charge in [-0.05, 0) is 19.4 Å². The number of rotatable bonds is 3. The molecule has 5 nitrogen and oxygen atoms in total. The van der Waals surface area contributed by atoms with Crippen LogP contribution in [0.15, 0.2) is 33.7 Å². The van der Waals surface area contributed by atoms with Crippen LogP contribution < -0.4 is 10.6 Å². The van der Waals surface area contributed by atoms with E-state index >= 15 is 0 Å². The topological polar surface area (TPSA) is 58.8 Å². The number of hydrogen-bond donors (Lipinski definition) is 2.